The summed E-state index contributed by atoms with van der Waals surface area (Å²) >= 11 is 6.88. The minimum atomic E-state index is -0.800. The van der Waals surface area contributed by atoms with Gasteiger partial charge in [-0.1, -0.05) is 45.8 Å². The predicted octanol–water partition coefficient (Wildman–Crippen LogP) is 6.08. The molecule has 3 aromatic rings. The largest absolute Gasteiger partial charge is 0.493 e. The van der Waals surface area contributed by atoms with E-state index < -0.39 is 17.8 Å². The van der Waals surface area contributed by atoms with E-state index in [-0.39, 0.29) is 5.57 Å². The molecule has 0 bridgehead atoms. The van der Waals surface area contributed by atoms with Gasteiger partial charge in [0.25, 0.3) is 11.8 Å². The lowest BCUT2D eigenvalue weighted by atomic mass is 10.1. The van der Waals surface area contributed by atoms with Gasteiger partial charge in [-0.15, -0.1) is 0 Å². The highest BCUT2D eigenvalue weighted by atomic mass is 79.9. The molecule has 0 atom stereocenters. The molecule has 0 aromatic heterocycles. The quantitative estimate of drug-likeness (QED) is 0.269. The van der Waals surface area contributed by atoms with E-state index in [0.717, 1.165) is 20.5 Å². The van der Waals surface area contributed by atoms with Crippen molar-refractivity contribution in [2.75, 3.05) is 12.0 Å². The molecule has 1 N–H and O–H groups in total. The van der Waals surface area contributed by atoms with E-state index in [1.807, 2.05) is 31.2 Å². The van der Waals surface area contributed by atoms with E-state index in [0.29, 0.717) is 39.4 Å². The van der Waals surface area contributed by atoms with E-state index in [1.165, 1.54) is 13.2 Å². The average molecular weight is 614 g/mol. The second kappa shape index (κ2) is 10.7. The molecule has 7 nitrogen and oxygen atoms in total. The highest BCUT2D eigenvalue weighted by molar-refractivity contribution is 9.10. The van der Waals surface area contributed by atoms with Crippen molar-refractivity contribution in [3.8, 4) is 11.5 Å². The van der Waals surface area contributed by atoms with Crippen molar-refractivity contribution in [3.63, 3.8) is 0 Å². The summed E-state index contributed by atoms with van der Waals surface area (Å²) in [5.74, 6) is -0.581. The number of carbonyl (C=O) groups excluding carboxylic acids is 3. The number of urea groups is 1. The fourth-order valence-electron chi connectivity index (χ4n) is 3.83. The van der Waals surface area contributed by atoms with Crippen molar-refractivity contribution in [1.29, 1.82) is 0 Å². The number of halogens is 2. The zero-order chi connectivity index (χ0) is 26.0. The normalized spacial score (nSPS) is 14.8. The van der Waals surface area contributed by atoms with Crippen LogP contribution >= 0.6 is 31.9 Å². The fraction of sp³-hybridized carbons (Fsp3) is 0.148. The molecule has 1 aliphatic heterocycles. The summed E-state index contributed by atoms with van der Waals surface area (Å²) in [5.41, 5.74) is 3.55. The van der Waals surface area contributed by atoms with Crippen molar-refractivity contribution in [3.05, 3.63) is 91.4 Å². The minimum absolute atomic E-state index is 0.181. The van der Waals surface area contributed by atoms with Gasteiger partial charge in [-0.3, -0.25) is 14.9 Å². The van der Waals surface area contributed by atoms with Crippen molar-refractivity contribution >= 4 is 61.5 Å². The molecule has 1 saturated heterocycles. The number of barbiturate groups is 1. The fourth-order valence-corrected chi connectivity index (χ4v) is 4.88. The summed E-state index contributed by atoms with van der Waals surface area (Å²) < 4.78 is 12.9. The second-order valence-electron chi connectivity index (χ2n) is 8.20. The van der Waals surface area contributed by atoms with E-state index in [2.05, 4.69) is 37.2 Å². The maximum atomic E-state index is 13.3. The third-order valence-electron chi connectivity index (χ3n) is 5.53. The third-order valence-corrected chi connectivity index (χ3v) is 6.61. The number of nitrogens with zero attached hydrogens (tertiary/aromatic N) is 1. The molecule has 1 aliphatic rings. The van der Waals surface area contributed by atoms with Crippen molar-refractivity contribution in [2.24, 2.45) is 0 Å². The van der Waals surface area contributed by atoms with Gasteiger partial charge in [0.1, 0.15) is 12.2 Å². The number of nitrogens with one attached hydrogen (secondary N) is 1. The molecular formula is C27H22Br2N2O5. The molecule has 9 heteroatoms. The summed E-state index contributed by atoms with van der Waals surface area (Å²) in [5, 5.41) is 2.25. The van der Waals surface area contributed by atoms with Crippen molar-refractivity contribution in [1.82, 2.24) is 5.32 Å². The number of amides is 4. The Bertz CT molecular complexity index is 1420. The molecule has 0 aliphatic carbocycles. The first-order chi connectivity index (χ1) is 17.2. The lowest BCUT2D eigenvalue weighted by Crippen LogP contribution is -2.54. The number of aryl methyl sites for hydroxylation is 2. The highest BCUT2D eigenvalue weighted by Crippen LogP contribution is 2.38. The first-order valence-electron chi connectivity index (χ1n) is 10.9. The van der Waals surface area contributed by atoms with Crippen LogP contribution < -0.4 is 19.7 Å². The van der Waals surface area contributed by atoms with Gasteiger partial charge in [-0.2, -0.15) is 0 Å². The number of methoxy groups -OCH3 is 1. The SMILES string of the molecule is COc1cc(/C=C2/C(=O)NC(=O)N(c3ccc(Br)cc3C)C2=O)cc(Br)c1OCc1cccc(C)c1. The lowest BCUT2D eigenvalue weighted by molar-refractivity contribution is -0.122. The first-order valence-corrected chi connectivity index (χ1v) is 12.5. The maximum Gasteiger partial charge on any atom is 0.335 e. The van der Waals surface area contributed by atoms with Gasteiger partial charge in [0.15, 0.2) is 11.5 Å². The third kappa shape index (κ3) is 5.37. The number of hydrogen-bond acceptors (Lipinski definition) is 5. The van der Waals surface area contributed by atoms with Crippen LogP contribution in [0.15, 0.2) is 69.1 Å². The van der Waals surface area contributed by atoms with E-state index in [1.54, 1.807) is 37.3 Å². The zero-order valence-corrected chi connectivity index (χ0v) is 22.9. The molecule has 36 heavy (non-hydrogen) atoms. The Balaban J connectivity index is 1.66. The van der Waals surface area contributed by atoms with Crippen molar-refractivity contribution in [2.45, 2.75) is 20.5 Å². The second-order valence-corrected chi connectivity index (χ2v) is 9.97. The minimum Gasteiger partial charge on any atom is -0.493 e. The molecule has 0 radical (unpaired) electrons. The molecular weight excluding hydrogens is 592 g/mol. The number of anilines is 1. The van der Waals surface area contributed by atoms with E-state index in [4.69, 9.17) is 9.47 Å². The number of hydrogen-bond donors (Lipinski definition) is 1. The molecule has 3 aromatic carbocycles. The van der Waals surface area contributed by atoms with Crippen molar-refractivity contribution < 1.29 is 23.9 Å². The van der Waals surface area contributed by atoms with Crippen LogP contribution in [0, 0.1) is 13.8 Å². The summed E-state index contributed by atoms with van der Waals surface area (Å²) in [7, 11) is 1.51. The molecule has 1 heterocycles. The highest BCUT2D eigenvalue weighted by Gasteiger charge is 2.37. The Labute approximate surface area is 225 Å². The Morgan fingerprint density at radius 1 is 1.00 bits per heavy atom. The molecule has 184 valence electrons. The van der Waals surface area contributed by atoms with Crippen LogP contribution in [0.4, 0.5) is 10.5 Å². The number of ether oxygens (including phenoxy) is 2. The summed E-state index contributed by atoms with van der Waals surface area (Å²) in [4.78, 5) is 39.4. The van der Waals surface area contributed by atoms with Gasteiger partial charge in [0.05, 0.1) is 17.3 Å². The number of carbonyl (C=O) groups is 3. The van der Waals surface area contributed by atoms with E-state index >= 15 is 0 Å². The molecule has 0 saturated carbocycles. The Kier molecular flexibility index (Phi) is 7.61. The molecule has 4 rings (SSSR count). The van der Waals surface area contributed by atoms with Gasteiger partial charge < -0.3 is 9.47 Å². The number of imide groups is 2. The van der Waals surface area contributed by atoms with Crippen LogP contribution in [0.1, 0.15) is 22.3 Å². The Morgan fingerprint density at radius 2 is 1.78 bits per heavy atom. The summed E-state index contributed by atoms with van der Waals surface area (Å²) in [6.45, 7) is 4.12. The van der Waals surface area contributed by atoms with Crippen LogP contribution in [0.5, 0.6) is 11.5 Å². The Morgan fingerprint density at radius 3 is 2.47 bits per heavy atom. The molecule has 0 unspecified atom stereocenters. The van der Waals surface area contributed by atoms with Crippen LogP contribution in [0.3, 0.4) is 0 Å². The summed E-state index contributed by atoms with van der Waals surface area (Å²) in [6, 6.07) is 15.7. The van der Waals surface area contributed by atoms with E-state index in [9.17, 15) is 14.4 Å². The van der Waals surface area contributed by atoms with Gasteiger partial charge in [-0.25, -0.2) is 9.69 Å². The number of benzene rings is 3. The van der Waals surface area contributed by atoms with Gasteiger partial charge in [0.2, 0.25) is 0 Å². The predicted molar refractivity (Wildman–Crippen MR) is 144 cm³/mol. The van der Waals surface area contributed by atoms with Crippen LogP contribution in [-0.4, -0.2) is 25.0 Å². The topological polar surface area (TPSA) is 84.9 Å². The van der Waals surface area contributed by atoms with Crippen LogP contribution in [0.25, 0.3) is 6.08 Å². The first kappa shape index (κ1) is 25.7. The smallest absolute Gasteiger partial charge is 0.335 e. The van der Waals surface area contributed by atoms with Crippen LogP contribution in [0.2, 0.25) is 0 Å². The van der Waals surface area contributed by atoms with Gasteiger partial charge >= 0.3 is 6.03 Å². The van der Waals surface area contributed by atoms with Gasteiger partial charge in [0, 0.05) is 4.47 Å². The summed E-state index contributed by atoms with van der Waals surface area (Å²) in [6.07, 6.45) is 1.42. The monoisotopic (exact) mass is 612 g/mol. The zero-order valence-electron chi connectivity index (χ0n) is 19.7. The lowest BCUT2D eigenvalue weighted by Gasteiger charge is -2.27. The van der Waals surface area contributed by atoms with Crippen LogP contribution in [-0.2, 0) is 16.2 Å². The molecule has 1 fully saturated rings. The number of rotatable bonds is 6. The Hall–Kier alpha value is -3.43. The molecule has 0 spiro atoms. The maximum absolute atomic E-state index is 13.3. The van der Waals surface area contributed by atoms with Gasteiger partial charge in [-0.05, 0) is 82.9 Å². The standard InChI is InChI=1S/C27H22Br2N2O5/c1-15-5-4-6-17(9-15)14-36-24-21(29)12-18(13-23(24)35-3)11-20-25(32)30-27(34)31(26(20)33)22-8-7-19(28)10-16(22)2/h4-13H,14H2,1-3H3,(H,30,32,34)/b20-11-. The average Bonchev–Trinajstić information content (AvgIpc) is 2.82. The molecule has 4 amide bonds.